The Morgan fingerprint density at radius 1 is 1.06 bits per heavy atom. The SMILES string of the molecule is O=C(O)CC(CS(=O)(=O)c1ccc(COc2cccc(NC3=NCCS3)c2)cc1)c1ccccc1. The molecule has 0 bridgehead atoms. The highest BCUT2D eigenvalue weighted by molar-refractivity contribution is 8.14. The lowest BCUT2D eigenvalue weighted by atomic mass is 9.98. The Hall–Kier alpha value is -3.30. The smallest absolute Gasteiger partial charge is 0.303 e. The molecule has 0 aliphatic carbocycles. The van der Waals surface area contributed by atoms with Crippen LogP contribution in [-0.4, -0.2) is 42.7 Å². The largest absolute Gasteiger partial charge is 0.489 e. The maximum absolute atomic E-state index is 13.0. The molecule has 1 heterocycles. The third-order valence-electron chi connectivity index (χ3n) is 5.47. The van der Waals surface area contributed by atoms with Crippen LogP contribution in [0.25, 0.3) is 0 Å². The summed E-state index contributed by atoms with van der Waals surface area (Å²) >= 11 is 1.68. The molecule has 0 spiro atoms. The quantitative estimate of drug-likeness (QED) is 0.403. The number of sulfone groups is 1. The Morgan fingerprint density at radius 2 is 1.83 bits per heavy atom. The molecule has 1 atom stereocenters. The summed E-state index contributed by atoms with van der Waals surface area (Å²) in [5, 5.41) is 13.4. The van der Waals surface area contributed by atoms with Crippen LogP contribution in [0.15, 0.2) is 88.8 Å². The predicted octanol–water partition coefficient (Wildman–Crippen LogP) is 4.81. The molecule has 0 fully saturated rings. The molecule has 0 saturated heterocycles. The number of thioether (sulfide) groups is 1. The van der Waals surface area contributed by atoms with Gasteiger partial charge in [-0.25, -0.2) is 8.42 Å². The summed E-state index contributed by atoms with van der Waals surface area (Å²) in [5.41, 5.74) is 2.41. The molecule has 9 heteroatoms. The van der Waals surface area contributed by atoms with Gasteiger partial charge in [-0.1, -0.05) is 60.3 Å². The second kappa shape index (κ2) is 11.4. The van der Waals surface area contributed by atoms with Gasteiger partial charge in [-0.3, -0.25) is 9.79 Å². The van der Waals surface area contributed by atoms with Crippen molar-refractivity contribution in [1.82, 2.24) is 0 Å². The molecule has 4 rings (SSSR count). The van der Waals surface area contributed by atoms with Crippen molar-refractivity contribution in [1.29, 1.82) is 0 Å². The first-order valence-electron chi connectivity index (χ1n) is 11.1. The zero-order chi connectivity index (χ0) is 24.7. The van der Waals surface area contributed by atoms with Crippen LogP contribution in [0.5, 0.6) is 5.75 Å². The van der Waals surface area contributed by atoms with Crippen LogP contribution in [0.1, 0.15) is 23.5 Å². The van der Waals surface area contributed by atoms with Gasteiger partial charge in [-0.15, -0.1) is 0 Å². The molecule has 1 aliphatic heterocycles. The number of nitrogens with zero attached hydrogens (tertiary/aromatic N) is 1. The molecule has 2 N–H and O–H groups in total. The Labute approximate surface area is 209 Å². The lowest BCUT2D eigenvalue weighted by molar-refractivity contribution is -0.137. The van der Waals surface area contributed by atoms with Gasteiger partial charge in [0, 0.05) is 23.4 Å². The van der Waals surface area contributed by atoms with Gasteiger partial charge in [0.1, 0.15) is 12.4 Å². The van der Waals surface area contributed by atoms with E-state index >= 15 is 0 Å². The molecule has 0 radical (unpaired) electrons. The summed E-state index contributed by atoms with van der Waals surface area (Å²) in [6.07, 6.45) is -0.255. The second-order valence-corrected chi connectivity index (χ2v) is 11.2. The summed E-state index contributed by atoms with van der Waals surface area (Å²) in [7, 11) is -3.68. The molecular formula is C26H26N2O5S2. The average molecular weight is 511 g/mol. The van der Waals surface area contributed by atoms with E-state index in [1.807, 2.05) is 30.3 Å². The van der Waals surface area contributed by atoms with E-state index in [0.717, 1.165) is 28.7 Å². The van der Waals surface area contributed by atoms with E-state index in [1.165, 1.54) is 0 Å². The van der Waals surface area contributed by atoms with Gasteiger partial charge in [0.05, 0.1) is 23.6 Å². The van der Waals surface area contributed by atoms with Crippen LogP contribution in [0.3, 0.4) is 0 Å². The number of aliphatic carboxylic acids is 1. The number of amidine groups is 1. The minimum Gasteiger partial charge on any atom is -0.489 e. The third kappa shape index (κ3) is 7.10. The second-order valence-electron chi connectivity index (χ2n) is 8.11. The van der Waals surface area contributed by atoms with E-state index in [4.69, 9.17) is 4.74 Å². The molecule has 1 unspecified atom stereocenters. The van der Waals surface area contributed by atoms with E-state index in [1.54, 1.807) is 60.3 Å². The number of hydrogen-bond donors (Lipinski definition) is 2. The number of benzene rings is 3. The van der Waals surface area contributed by atoms with Crippen molar-refractivity contribution < 1.29 is 23.1 Å². The Morgan fingerprint density at radius 3 is 2.51 bits per heavy atom. The van der Waals surface area contributed by atoms with Gasteiger partial charge >= 0.3 is 5.97 Å². The Kier molecular flexibility index (Phi) is 8.09. The highest BCUT2D eigenvalue weighted by Crippen LogP contribution is 2.26. The number of nitrogens with one attached hydrogen (secondary N) is 1. The molecule has 3 aromatic carbocycles. The summed E-state index contributed by atoms with van der Waals surface area (Å²) in [6.45, 7) is 1.10. The summed E-state index contributed by atoms with van der Waals surface area (Å²) < 4.78 is 31.9. The normalized spacial score (nSPS) is 14.2. The van der Waals surface area contributed by atoms with Crippen molar-refractivity contribution in [3.63, 3.8) is 0 Å². The van der Waals surface area contributed by atoms with E-state index < -0.39 is 21.7 Å². The van der Waals surface area contributed by atoms with Crippen molar-refractivity contribution in [2.45, 2.75) is 23.8 Å². The van der Waals surface area contributed by atoms with E-state index in [0.29, 0.717) is 11.3 Å². The van der Waals surface area contributed by atoms with Crippen molar-refractivity contribution in [3.05, 3.63) is 90.0 Å². The fourth-order valence-electron chi connectivity index (χ4n) is 3.73. The fourth-order valence-corrected chi connectivity index (χ4v) is 6.06. The molecule has 0 aromatic heterocycles. The number of carbonyl (C=O) groups is 1. The van der Waals surface area contributed by atoms with Crippen LogP contribution in [0.4, 0.5) is 5.69 Å². The molecule has 1 aliphatic rings. The Bertz CT molecular complexity index is 1290. The topological polar surface area (TPSA) is 105 Å². The summed E-state index contributed by atoms with van der Waals surface area (Å²) in [4.78, 5) is 15.9. The minimum atomic E-state index is -3.68. The first-order chi connectivity index (χ1) is 16.9. The van der Waals surface area contributed by atoms with Crippen LogP contribution in [0, 0.1) is 0 Å². The highest BCUT2D eigenvalue weighted by Gasteiger charge is 2.24. The fraction of sp³-hybridized carbons (Fsp3) is 0.231. The molecule has 182 valence electrons. The number of anilines is 1. The third-order valence-corrected chi connectivity index (χ3v) is 8.19. The van der Waals surface area contributed by atoms with Crippen molar-refractivity contribution >= 4 is 38.4 Å². The van der Waals surface area contributed by atoms with E-state index in [-0.39, 0.29) is 23.7 Å². The Balaban J connectivity index is 1.39. The first-order valence-corrected chi connectivity index (χ1v) is 13.8. The first kappa shape index (κ1) is 24.8. The monoisotopic (exact) mass is 510 g/mol. The maximum Gasteiger partial charge on any atom is 0.303 e. The van der Waals surface area contributed by atoms with E-state index in [2.05, 4.69) is 10.3 Å². The predicted molar refractivity (Wildman–Crippen MR) is 139 cm³/mol. The molecule has 7 nitrogen and oxygen atoms in total. The average Bonchev–Trinajstić information content (AvgIpc) is 3.36. The van der Waals surface area contributed by atoms with Crippen molar-refractivity contribution in [3.8, 4) is 5.75 Å². The summed E-state index contributed by atoms with van der Waals surface area (Å²) in [5.74, 6) is -0.263. The number of carboxylic acids is 1. The zero-order valence-corrected chi connectivity index (χ0v) is 20.6. The standard InChI is InChI=1S/C26H26N2O5S2/c29-25(30)15-21(20-5-2-1-3-6-20)18-35(31,32)24-11-9-19(10-12-24)17-33-23-8-4-7-22(16-23)28-26-27-13-14-34-26/h1-12,16,21H,13-15,17-18H2,(H,27,28)(H,29,30). The molecular weight excluding hydrogens is 484 g/mol. The molecule has 35 heavy (non-hydrogen) atoms. The molecule has 0 amide bonds. The number of ether oxygens (including phenoxy) is 1. The van der Waals surface area contributed by atoms with Gasteiger partial charge in [0.25, 0.3) is 0 Å². The van der Waals surface area contributed by atoms with Gasteiger partial charge in [0.2, 0.25) is 0 Å². The van der Waals surface area contributed by atoms with E-state index in [9.17, 15) is 18.3 Å². The molecule has 3 aromatic rings. The number of carboxylic acid groups (broad SMARTS) is 1. The molecule has 0 saturated carbocycles. The van der Waals surface area contributed by atoms with Crippen LogP contribution < -0.4 is 10.1 Å². The van der Waals surface area contributed by atoms with Gasteiger partial charge in [-0.05, 0) is 35.4 Å². The van der Waals surface area contributed by atoms with Crippen LogP contribution >= 0.6 is 11.8 Å². The summed E-state index contributed by atoms with van der Waals surface area (Å²) in [6, 6.07) is 23.0. The lowest BCUT2D eigenvalue weighted by Gasteiger charge is -2.16. The van der Waals surface area contributed by atoms with Crippen molar-refractivity contribution in [2.75, 3.05) is 23.4 Å². The highest BCUT2D eigenvalue weighted by atomic mass is 32.2. The minimum absolute atomic E-state index is 0.161. The zero-order valence-electron chi connectivity index (χ0n) is 19.0. The van der Waals surface area contributed by atoms with Gasteiger partial charge < -0.3 is 15.2 Å². The number of hydrogen-bond acceptors (Lipinski definition) is 7. The lowest BCUT2D eigenvalue weighted by Crippen LogP contribution is -2.18. The van der Waals surface area contributed by atoms with Gasteiger partial charge in [-0.2, -0.15) is 0 Å². The van der Waals surface area contributed by atoms with Crippen LogP contribution in [0.2, 0.25) is 0 Å². The van der Waals surface area contributed by atoms with Crippen LogP contribution in [-0.2, 0) is 21.2 Å². The number of rotatable bonds is 10. The number of aliphatic imine (C=N–C) groups is 1. The maximum atomic E-state index is 13.0. The van der Waals surface area contributed by atoms with Crippen molar-refractivity contribution in [2.24, 2.45) is 4.99 Å². The van der Waals surface area contributed by atoms with Gasteiger partial charge in [0.15, 0.2) is 15.0 Å².